The van der Waals surface area contributed by atoms with E-state index in [1.54, 1.807) is 25.1 Å². The second-order valence-electron chi connectivity index (χ2n) is 5.79. The Bertz CT molecular complexity index is 1040. The molecule has 6 nitrogen and oxygen atoms in total. The molecule has 1 aromatic heterocycles. The van der Waals surface area contributed by atoms with Crippen molar-refractivity contribution in [2.45, 2.75) is 25.3 Å². The zero-order chi connectivity index (χ0) is 19.6. The zero-order valence-electron chi connectivity index (χ0n) is 14.5. The third-order valence-electron chi connectivity index (χ3n) is 3.87. The number of hydrogen-bond donors (Lipinski definition) is 1. The van der Waals surface area contributed by atoms with E-state index in [1.165, 1.54) is 24.3 Å². The van der Waals surface area contributed by atoms with Gasteiger partial charge in [-0.25, -0.2) is 8.42 Å². The minimum Gasteiger partial charge on any atom is -0.489 e. The van der Waals surface area contributed by atoms with E-state index in [0.29, 0.717) is 16.5 Å². The van der Waals surface area contributed by atoms with E-state index < -0.39 is 10.0 Å². The molecule has 0 spiro atoms. The molecule has 0 atom stereocenters. The van der Waals surface area contributed by atoms with Gasteiger partial charge in [-0.3, -0.25) is 4.72 Å². The highest BCUT2D eigenvalue weighted by Crippen LogP contribution is 2.28. The van der Waals surface area contributed by atoms with Crippen molar-refractivity contribution in [2.75, 3.05) is 4.72 Å². The molecular weight excluding hydrogens is 411 g/mol. The Kier molecular flexibility index (Phi) is 5.64. The van der Waals surface area contributed by atoms with Crippen LogP contribution < -0.4 is 9.46 Å². The summed E-state index contributed by atoms with van der Waals surface area (Å²) in [5, 5.41) is 4.49. The van der Waals surface area contributed by atoms with Crippen molar-refractivity contribution in [3.05, 3.63) is 69.5 Å². The predicted octanol–water partition coefficient (Wildman–Crippen LogP) is 4.98. The lowest BCUT2D eigenvalue weighted by atomic mass is 10.2. The van der Waals surface area contributed by atoms with Crippen LogP contribution in [0.3, 0.4) is 0 Å². The molecule has 0 unspecified atom stereocenters. The summed E-state index contributed by atoms with van der Waals surface area (Å²) in [4.78, 5) is 0.0724. The second-order valence-corrected chi connectivity index (χ2v) is 8.32. The fourth-order valence-corrected chi connectivity index (χ4v) is 3.82. The lowest BCUT2D eigenvalue weighted by Crippen LogP contribution is -2.13. The normalized spacial score (nSPS) is 11.4. The Hall–Kier alpha value is -2.22. The summed E-state index contributed by atoms with van der Waals surface area (Å²) in [5.74, 6) is 1.21. The fourth-order valence-electron chi connectivity index (χ4n) is 2.36. The van der Waals surface area contributed by atoms with Gasteiger partial charge < -0.3 is 9.26 Å². The molecule has 0 aliphatic rings. The van der Waals surface area contributed by atoms with Gasteiger partial charge in [0.15, 0.2) is 0 Å². The average Bonchev–Trinajstić information content (AvgIpc) is 2.94. The van der Waals surface area contributed by atoms with Crippen LogP contribution in [0.4, 0.5) is 5.69 Å². The molecule has 27 heavy (non-hydrogen) atoms. The van der Waals surface area contributed by atoms with Gasteiger partial charge >= 0.3 is 0 Å². The molecule has 0 saturated heterocycles. The minimum atomic E-state index is -3.81. The van der Waals surface area contributed by atoms with Crippen LogP contribution in [0.1, 0.15) is 17.0 Å². The second kappa shape index (κ2) is 7.80. The van der Waals surface area contributed by atoms with E-state index in [-0.39, 0.29) is 22.2 Å². The summed E-state index contributed by atoms with van der Waals surface area (Å²) < 4.78 is 38.3. The zero-order valence-corrected chi connectivity index (χ0v) is 16.8. The Balaban J connectivity index is 1.73. The van der Waals surface area contributed by atoms with Gasteiger partial charge in [-0.05, 0) is 56.3 Å². The molecule has 0 radical (unpaired) electrons. The number of nitrogens with one attached hydrogen (secondary N) is 1. The standard InChI is InChI=1S/C18H16Cl2N2O4S/c1-11-16(12(2)26-21-11)10-25-14-4-6-15(7-5-14)27(23,24)22-18-9-13(19)3-8-17(18)20/h3-9,22H,10H2,1-2H3. The van der Waals surface area contributed by atoms with Gasteiger partial charge in [0.2, 0.25) is 0 Å². The Labute approximate surface area is 167 Å². The Morgan fingerprint density at radius 1 is 1.11 bits per heavy atom. The van der Waals surface area contributed by atoms with Gasteiger partial charge in [0.1, 0.15) is 18.1 Å². The number of sulfonamides is 1. The van der Waals surface area contributed by atoms with Crippen LogP contribution in [0, 0.1) is 13.8 Å². The van der Waals surface area contributed by atoms with Crippen LogP contribution in [-0.2, 0) is 16.6 Å². The number of rotatable bonds is 6. The maximum Gasteiger partial charge on any atom is 0.261 e. The SMILES string of the molecule is Cc1noc(C)c1COc1ccc(S(=O)(=O)Nc2cc(Cl)ccc2Cl)cc1. The highest BCUT2D eigenvalue weighted by atomic mass is 35.5. The first-order valence-corrected chi connectivity index (χ1v) is 10.1. The van der Waals surface area contributed by atoms with Crippen LogP contribution in [0.15, 0.2) is 51.9 Å². The van der Waals surface area contributed by atoms with Gasteiger partial charge in [0, 0.05) is 5.02 Å². The first-order valence-electron chi connectivity index (χ1n) is 7.89. The summed E-state index contributed by atoms with van der Waals surface area (Å²) in [5.41, 5.74) is 1.83. The maximum absolute atomic E-state index is 12.5. The number of hydrogen-bond acceptors (Lipinski definition) is 5. The highest BCUT2D eigenvalue weighted by Gasteiger charge is 2.16. The quantitative estimate of drug-likeness (QED) is 0.600. The van der Waals surface area contributed by atoms with Crippen molar-refractivity contribution in [1.29, 1.82) is 0 Å². The monoisotopic (exact) mass is 426 g/mol. The summed E-state index contributed by atoms with van der Waals surface area (Å²) in [6.07, 6.45) is 0. The molecule has 1 heterocycles. The van der Waals surface area contributed by atoms with E-state index in [0.717, 1.165) is 11.3 Å². The lowest BCUT2D eigenvalue weighted by Gasteiger charge is -2.11. The van der Waals surface area contributed by atoms with E-state index in [1.807, 2.05) is 6.92 Å². The molecule has 142 valence electrons. The van der Waals surface area contributed by atoms with E-state index in [9.17, 15) is 8.42 Å². The van der Waals surface area contributed by atoms with Crippen molar-refractivity contribution in [2.24, 2.45) is 0 Å². The van der Waals surface area contributed by atoms with Crippen molar-refractivity contribution >= 4 is 38.9 Å². The number of benzene rings is 2. The maximum atomic E-state index is 12.5. The largest absolute Gasteiger partial charge is 0.489 e. The first kappa shape index (κ1) is 19.5. The summed E-state index contributed by atoms with van der Waals surface area (Å²) in [7, 11) is -3.81. The Morgan fingerprint density at radius 3 is 2.44 bits per heavy atom. The molecule has 0 saturated carbocycles. The third-order valence-corrected chi connectivity index (χ3v) is 5.82. The molecule has 2 aromatic carbocycles. The number of aromatic nitrogens is 1. The van der Waals surface area contributed by atoms with Gasteiger partial charge in [-0.1, -0.05) is 28.4 Å². The van der Waals surface area contributed by atoms with Crippen LogP contribution in [0.5, 0.6) is 5.75 Å². The van der Waals surface area contributed by atoms with Crippen LogP contribution in [-0.4, -0.2) is 13.6 Å². The predicted molar refractivity (Wildman–Crippen MR) is 104 cm³/mol. The van der Waals surface area contributed by atoms with Gasteiger partial charge in [0.25, 0.3) is 10.0 Å². The van der Waals surface area contributed by atoms with Crippen molar-refractivity contribution in [3.63, 3.8) is 0 Å². The Morgan fingerprint density at radius 2 is 1.81 bits per heavy atom. The number of anilines is 1. The number of halogens is 2. The topological polar surface area (TPSA) is 81.4 Å². The van der Waals surface area contributed by atoms with Crippen molar-refractivity contribution in [3.8, 4) is 5.75 Å². The summed E-state index contributed by atoms with van der Waals surface area (Å²) >= 11 is 11.9. The minimum absolute atomic E-state index is 0.0724. The van der Waals surface area contributed by atoms with Gasteiger partial charge in [0.05, 0.1) is 26.9 Å². The molecule has 0 aliphatic carbocycles. The summed E-state index contributed by atoms with van der Waals surface area (Å²) in [6, 6.07) is 10.6. The van der Waals surface area contributed by atoms with E-state index in [2.05, 4.69) is 9.88 Å². The molecule has 3 aromatic rings. The fraction of sp³-hybridized carbons (Fsp3) is 0.167. The molecule has 1 N–H and O–H groups in total. The summed E-state index contributed by atoms with van der Waals surface area (Å²) in [6.45, 7) is 3.92. The highest BCUT2D eigenvalue weighted by molar-refractivity contribution is 7.92. The van der Waals surface area contributed by atoms with E-state index in [4.69, 9.17) is 32.5 Å². The smallest absolute Gasteiger partial charge is 0.261 e. The van der Waals surface area contributed by atoms with Gasteiger partial charge in [-0.15, -0.1) is 0 Å². The van der Waals surface area contributed by atoms with Crippen molar-refractivity contribution < 1.29 is 17.7 Å². The van der Waals surface area contributed by atoms with Crippen molar-refractivity contribution in [1.82, 2.24) is 5.16 Å². The molecule has 0 fully saturated rings. The lowest BCUT2D eigenvalue weighted by molar-refractivity contribution is 0.301. The molecule has 9 heteroatoms. The molecule has 0 aliphatic heterocycles. The molecule has 3 rings (SSSR count). The van der Waals surface area contributed by atoms with Gasteiger partial charge in [-0.2, -0.15) is 0 Å². The molecule has 0 amide bonds. The number of nitrogens with zero attached hydrogens (tertiary/aromatic N) is 1. The van der Waals surface area contributed by atoms with Crippen LogP contribution in [0.25, 0.3) is 0 Å². The number of ether oxygens (including phenoxy) is 1. The van der Waals surface area contributed by atoms with Crippen LogP contribution in [0.2, 0.25) is 10.0 Å². The first-order chi connectivity index (χ1) is 12.8. The molecular formula is C18H16Cl2N2O4S. The van der Waals surface area contributed by atoms with E-state index >= 15 is 0 Å². The number of aryl methyl sites for hydroxylation is 2. The van der Waals surface area contributed by atoms with Crippen LogP contribution >= 0.6 is 23.2 Å². The third kappa shape index (κ3) is 4.55. The molecule has 0 bridgehead atoms. The average molecular weight is 427 g/mol.